The van der Waals surface area contributed by atoms with Gasteiger partial charge in [-0.15, -0.1) is 0 Å². The van der Waals surface area contributed by atoms with Gasteiger partial charge in [-0.2, -0.15) is 0 Å². The summed E-state index contributed by atoms with van der Waals surface area (Å²) >= 11 is 0. The maximum Gasteiger partial charge on any atom is 0.103 e. The second-order valence-corrected chi connectivity index (χ2v) is 2.83. The average Bonchev–Trinajstić information content (AvgIpc) is 1.64. The highest BCUT2D eigenvalue weighted by Gasteiger charge is 2.17. The van der Waals surface area contributed by atoms with E-state index in [0.29, 0.717) is 5.92 Å². The molecule has 1 heteroatoms. The molecule has 0 nitrogen and oxygen atoms in total. The summed E-state index contributed by atoms with van der Waals surface area (Å²) < 4.78 is 12.5. The molecule has 0 aromatic heterocycles. The van der Waals surface area contributed by atoms with Crippen LogP contribution in [0.25, 0.3) is 0 Å². The molecule has 0 aliphatic rings. The summed E-state index contributed by atoms with van der Waals surface area (Å²) in [4.78, 5) is 0. The fourth-order valence-electron chi connectivity index (χ4n) is 1.14. The quantitative estimate of drug-likeness (QED) is 0.552. The van der Waals surface area contributed by atoms with Crippen molar-refractivity contribution < 1.29 is 4.39 Å². The second-order valence-electron chi connectivity index (χ2n) is 2.83. The van der Waals surface area contributed by atoms with Crippen molar-refractivity contribution in [3.8, 4) is 0 Å². The molecule has 0 rings (SSSR count). The average molecular weight is 131 g/mol. The topological polar surface area (TPSA) is 0 Å². The van der Waals surface area contributed by atoms with Gasteiger partial charge in [0.05, 0.1) is 0 Å². The number of rotatable bonds is 3. The standard InChI is InChI=1S/C8H16F/c1-5-8(6(2)3)7(4)9/h6-8H,4-5H2,1-3H3. The maximum absolute atomic E-state index is 12.5. The first kappa shape index (κ1) is 8.93. The van der Waals surface area contributed by atoms with Gasteiger partial charge in [-0.05, 0) is 18.8 Å². The minimum Gasteiger partial charge on any atom is -0.247 e. The molecule has 0 bridgehead atoms. The van der Waals surface area contributed by atoms with E-state index >= 15 is 0 Å². The molecule has 0 saturated carbocycles. The highest BCUT2D eigenvalue weighted by atomic mass is 19.1. The Balaban J connectivity index is 3.68. The van der Waals surface area contributed by atoms with E-state index in [1.807, 2.05) is 20.8 Å². The van der Waals surface area contributed by atoms with Gasteiger partial charge in [-0.1, -0.05) is 27.2 Å². The van der Waals surface area contributed by atoms with Gasteiger partial charge in [-0.3, -0.25) is 0 Å². The normalized spacial score (nSPS) is 18.0. The third-order valence-corrected chi connectivity index (χ3v) is 1.79. The van der Waals surface area contributed by atoms with Gasteiger partial charge in [-0.25, -0.2) is 4.39 Å². The molecule has 0 fully saturated rings. The Hall–Kier alpha value is -0.0700. The third kappa shape index (κ3) is 2.83. The molecular weight excluding hydrogens is 115 g/mol. The molecular formula is C8H16F. The van der Waals surface area contributed by atoms with Crippen LogP contribution in [-0.2, 0) is 0 Å². The van der Waals surface area contributed by atoms with Crippen LogP contribution >= 0.6 is 0 Å². The minimum atomic E-state index is -0.894. The lowest BCUT2D eigenvalue weighted by atomic mass is 9.90. The lowest BCUT2D eigenvalue weighted by Crippen LogP contribution is -2.17. The van der Waals surface area contributed by atoms with Gasteiger partial charge >= 0.3 is 0 Å². The zero-order chi connectivity index (χ0) is 7.44. The van der Waals surface area contributed by atoms with E-state index in [1.54, 1.807) is 0 Å². The molecule has 2 atom stereocenters. The van der Waals surface area contributed by atoms with Crippen molar-refractivity contribution in [2.24, 2.45) is 11.8 Å². The first-order valence-electron chi connectivity index (χ1n) is 3.56. The van der Waals surface area contributed by atoms with Gasteiger partial charge in [0.1, 0.15) is 6.17 Å². The van der Waals surface area contributed by atoms with E-state index in [9.17, 15) is 4.39 Å². The van der Waals surface area contributed by atoms with Crippen molar-refractivity contribution in [1.82, 2.24) is 0 Å². The second kappa shape index (κ2) is 3.86. The molecule has 2 unspecified atom stereocenters. The summed E-state index contributed by atoms with van der Waals surface area (Å²) in [5, 5.41) is 0. The highest BCUT2D eigenvalue weighted by Crippen LogP contribution is 2.20. The summed E-state index contributed by atoms with van der Waals surface area (Å²) in [7, 11) is 0. The van der Waals surface area contributed by atoms with E-state index in [2.05, 4.69) is 6.92 Å². The fourth-order valence-corrected chi connectivity index (χ4v) is 1.14. The maximum atomic E-state index is 12.5. The van der Waals surface area contributed by atoms with Crippen LogP contribution in [0.3, 0.4) is 0 Å². The lowest BCUT2D eigenvalue weighted by molar-refractivity contribution is 0.215. The first-order valence-corrected chi connectivity index (χ1v) is 3.56. The molecule has 0 aromatic rings. The van der Waals surface area contributed by atoms with Crippen LogP contribution in [0.15, 0.2) is 0 Å². The molecule has 0 amide bonds. The van der Waals surface area contributed by atoms with E-state index < -0.39 is 6.17 Å². The van der Waals surface area contributed by atoms with Crippen molar-refractivity contribution in [1.29, 1.82) is 0 Å². The van der Waals surface area contributed by atoms with Crippen LogP contribution in [0, 0.1) is 18.8 Å². The predicted molar refractivity (Wildman–Crippen MR) is 38.9 cm³/mol. The molecule has 55 valence electrons. The van der Waals surface area contributed by atoms with Gasteiger partial charge in [0.15, 0.2) is 0 Å². The number of hydrogen-bond donors (Lipinski definition) is 0. The van der Waals surface area contributed by atoms with Crippen molar-refractivity contribution in [2.75, 3.05) is 0 Å². The smallest absolute Gasteiger partial charge is 0.103 e. The largest absolute Gasteiger partial charge is 0.247 e. The van der Waals surface area contributed by atoms with E-state index in [-0.39, 0.29) is 5.92 Å². The van der Waals surface area contributed by atoms with Crippen molar-refractivity contribution in [3.63, 3.8) is 0 Å². The first-order chi connectivity index (χ1) is 4.09. The van der Waals surface area contributed by atoms with E-state index in [4.69, 9.17) is 0 Å². The molecule has 1 radical (unpaired) electrons. The van der Waals surface area contributed by atoms with Gasteiger partial charge < -0.3 is 0 Å². The molecule has 0 spiro atoms. The summed E-state index contributed by atoms with van der Waals surface area (Å²) in [6.07, 6.45) is -0.00231. The van der Waals surface area contributed by atoms with Crippen LogP contribution in [0.2, 0.25) is 0 Å². The third-order valence-electron chi connectivity index (χ3n) is 1.79. The van der Waals surface area contributed by atoms with Crippen molar-refractivity contribution >= 4 is 0 Å². The summed E-state index contributed by atoms with van der Waals surface area (Å²) in [5.41, 5.74) is 0. The van der Waals surface area contributed by atoms with Crippen LogP contribution in [0.5, 0.6) is 0 Å². The lowest BCUT2D eigenvalue weighted by Gasteiger charge is -2.19. The zero-order valence-electron chi connectivity index (χ0n) is 6.52. The number of alkyl halides is 1. The van der Waals surface area contributed by atoms with Crippen LogP contribution in [-0.4, -0.2) is 6.17 Å². The SMILES string of the molecule is [CH2]C(F)C(CC)C(C)C. The van der Waals surface area contributed by atoms with Crippen LogP contribution < -0.4 is 0 Å². The fraction of sp³-hybridized carbons (Fsp3) is 0.875. The number of hydrogen-bond acceptors (Lipinski definition) is 0. The van der Waals surface area contributed by atoms with Crippen LogP contribution in [0.4, 0.5) is 4.39 Å². The Morgan fingerprint density at radius 3 is 1.89 bits per heavy atom. The molecule has 0 heterocycles. The summed E-state index contributed by atoms with van der Waals surface area (Å²) in [5.74, 6) is 0.562. The monoisotopic (exact) mass is 131 g/mol. The Labute approximate surface area is 57.5 Å². The highest BCUT2D eigenvalue weighted by molar-refractivity contribution is 4.72. The molecule has 0 aliphatic carbocycles. The Morgan fingerprint density at radius 1 is 1.44 bits per heavy atom. The predicted octanol–water partition coefficient (Wildman–Crippen LogP) is 2.84. The summed E-state index contributed by atoms with van der Waals surface area (Å²) in [6, 6.07) is 0. The molecule has 0 aliphatic heterocycles. The van der Waals surface area contributed by atoms with Gasteiger partial charge in [0, 0.05) is 0 Å². The van der Waals surface area contributed by atoms with Crippen molar-refractivity contribution in [3.05, 3.63) is 6.92 Å². The Morgan fingerprint density at radius 2 is 1.89 bits per heavy atom. The molecule has 0 saturated heterocycles. The van der Waals surface area contributed by atoms with E-state index in [1.165, 1.54) is 0 Å². The molecule has 0 N–H and O–H groups in total. The Bertz CT molecular complexity index is 59.0. The number of halogens is 1. The minimum absolute atomic E-state index is 0.144. The zero-order valence-corrected chi connectivity index (χ0v) is 6.52. The molecule has 0 aromatic carbocycles. The Kier molecular flexibility index (Phi) is 3.83. The summed E-state index contributed by atoms with van der Waals surface area (Å²) in [6.45, 7) is 9.43. The van der Waals surface area contributed by atoms with Crippen LogP contribution in [0.1, 0.15) is 27.2 Å². The van der Waals surface area contributed by atoms with Gasteiger partial charge in [0.2, 0.25) is 0 Å². The van der Waals surface area contributed by atoms with Gasteiger partial charge in [0.25, 0.3) is 0 Å². The molecule has 9 heavy (non-hydrogen) atoms. The van der Waals surface area contributed by atoms with Crippen molar-refractivity contribution in [2.45, 2.75) is 33.4 Å². The van der Waals surface area contributed by atoms with E-state index in [0.717, 1.165) is 6.42 Å².